The number of rotatable bonds is 6. The second-order valence-electron chi connectivity index (χ2n) is 4.04. The molecule has 1 rings (SSSR count). The molecule has 0 saturated heterocycles. The number of benzene rings is 1. The molecule has 2 nitrogen and oxygen atoms in total. The molecule has 1 aromatic rings. The summed E-state index contributed by atoms with van der Waals surface area (Å²) < 4.78 is 5.69. The molecule has 0 aliphatic heterocycles. The van der Waals surface area contributed by atoms with Gasteiger partial charge in [-0.15, -0.1) is 0 Å². The third-order valence-electron chi connectivity index (χ3n) is 2.65. The maximum atomic E-state index is 5.98. The van der Waals surface area contributed by atoms with Gasteiger partial charge in [-0.2, -0.15) is 0 Å². The van der Waals surface area contributed by atoms with E-state index in [1.807, 2.05) is 6.07 Å². The van der Waals surface area contributed by atoms with Crippen LogP contribution in [0.4, 0.5) is 0 Å². The van der Waals surface area contributed by atoms with Crippen molar-refractivity contribution in [2.24, 2.45) is 5.73 Å². The molecule has 0 amide bonds. The lowest BCUT2D eigenvalue weighted by molar-refractivity contribution is 0.355. The first kappa shape index (κ1) is 12.8. The fourth-order valence-electron chi connectivity index (χ4n) is 1.65. The van der Waals surface area contributed by atoms with Crippen molar-refractivity contribution in [2.45, 2.75) is 32.7 Å². The maximum Gasteiger partial charge on any atom is 0.125 e. The highest BCUT2D eigenvalue weighted by Crippen LogP contribution is 2.24. The van der Waals surface area contributed by atoms with E-state index >= 15 is 0 Å². The first-order valence-electron chi connectivity index (χ1n) is 5.76. The van der Waals surface area contributed by atoms with E-state index in [-0.39, 0.29) is 6.04 Å². The molecule has 2 heteroatoms. The van der Waals surface area contributed by atoms with Crippen LogP contribution in [0.3, 0.4) is 0 Å². The number of hydrogen-bond acceptors (Lipinski definition) is 2. The Morgan fingerprint density at radius 1 is 1.50 bits per heavy atom. The summed E-state index contributed by atoms with van der Waals surface area (Å²) in [5.74, 6) is 0.964. The summed E-state index contributed by atoms with van der Waals surface area (Å²) in [5.41, 5.74) is 8.32. The summed E-state index contributed by atoms with van der Waals surface area (Å²) >= 11 is 0. The summed E-state index contributed by atoms with van der Waals surface area (Å²) in [6, 6.07) is 6.39. The zero-order valence-corrected chi connectivity index (χ0v) is 10.2. The molecule has 0 aliphatic carbocycles. The van der Waals surface area contributed by atoms with Crippen LogP contribution in [-0.2, 0) is 6.42 Å². The predicted molar refractivity (Wildman–Crippen MR) is 68.8 cm³/mol. The maximum absolute atomic E-state index is 5.98. The van der Waals surface area contributed by atoms with Crippen molar-refractivity contribution in [1.82, 2.24) is 0 Å². The van der Waals surface area contributed by atoms with E-state index in [4.69, 9.17) is 10.5 Å². The molecular weight excluding hydrogens is 198 g/mol. The molecule has 1 unspecified atom stereocenters. The van der Waals surface area contributed by atoms with Crippen LogP contribution in [0.2, 0.25) is 0 Å². The molecular formula is C14H21NO. The average Bonchev–Trinajstić information content (AvgIpc) is 2.28. The van der Waals surface area contributed by atoms with E-state index in [1.165, 1.54) is 5.56 Å². The van der Waals surface area contributed by atoms with Crippen molar-refractivity contribution >= 4 is 0 Å². The number of nitrogens with two attached hydrogens (primary N) is 1. The molecule has 0 aromatic heterocycles. The molecule has 0 fully saturated rings. The highest BCUT2D eigenvalue weighted by Gasteiger charge is 2.09. The van der Waals surface area contributed by atoms with Gasteiger partial charge in [-0.1, -0.05) is 37.8 Å². The molecule has 1 atom stereocenters. The van der Waals surface area contributed by atoms with Crippen molar-refractivity contribution in [1.29, 1.82) is 0 Å². The van der Waals surface area contributed by atoms with E-state index in [0.717, 1.165) is 24.2 Å². The van der Waals surface area contributed by atoms with Gasteiger partial charge in [-0.25, -0.2) is 0 Å². The van der Waals surface area contributed by atoms with Crippen LogP contribution in [0, 0.1) is 6.92 Å². The first-order chi connectivity index (χ1) is 7.69. The van der Waals surface area contributed by atoms with Crippen molar-refractivity contribution in [3.8, 4) is 5.75 Å². The monoisotopic (exact) mass is 219 g/mol. The van der Waals surface area contributed by atoms with Crippen molar-refractivity contribution in [2.75, 3.05) is 6.61 Å². The lowest BCUT2D eigenvalue weighted by Crippen LogP contribution is -2.21. The van der Waals surface area contributed by atoms with Gasteiger partial charge < -0.3 is 10.5 Å². The lowest BCUT2D eigenvalue weighted by Gasteiger charge is -2.15. The summed E-state index contributed by atoms with van der Waals surface area (Å²) in [5, 5.41) is 0. The zero-order valence-electron chi connectivity index (χ0n) is 10.2. The third-order valence-corrected chi connectivity index (χ3v) is 2.65. The molecule has 0 saturated carbocycles. The summed E-state index contributed by atoms with van der Waals surface area (Å²) in [4.78, 5) is 0. The fraction of sp³-hybridized carbons (Fsp3) is 0.429. The van der Waals surface area contributed by atoms with Gasteiger partial charge in [0.25, 0.3) is 0 Å². The number of aryl methyl sites for hydroxylation is 1. The Morgan fingerprint density at radius 2 is 2.25 bits per heavy atom. The van der Waals surface area contributed by atoms with E-state index in [2.05, 4.69) is 32.6 Å². The van der Waals surface area contributed by atoms with Gasteiger partial charge in [0.05, 0.1) is 0 Å². The molecule has 88 valence electrons. The quantitative estimate of drug-likeness (QED) is 0.747. The summed E-state index contributed by atoms with van der Waals surface area (Å²) in [6.45, 7) is 8.36. The van der Waals surface area contributed by atoms with Crippen molar-refractivity contribution < 1.29 is 4.74 Å². The Hall–Kier alpha value is -1.28. The molecule has 16 heavy (non-hydrogen) atoms. The summed E-state index contributed by atoms with van der Waals surface area (Å²) in [7, 11) is 0. The smallest absolute Gasteiger partial charge is 0.125 e. The molecule has 0 spiro atoms. The molecule has 0 bridgehead atoms. The van der Waals surface area contributed by atoms with Crippen LogP contribution >= 0.6 is 0 Å². The second kappa shape index (κ2) is 6.33. The van der Waals surface area contributed by atoms with Crippen LogP contribution in [0.25, 0.3) is 0 Å². The lowest BCUT2D eigenvalue weighted by atomic mass is 10.0. The van der Waals surface area contributed by atoms with E-state index < -0.39 is 0 Å². The Bertz CT molecular complexity index is 347. The SMILES string of the molecule is C=CCOc1c(C)cccc1CC(N)CC. The second-order valence-corrected chi connectivity index (χ2v) is 4.04. The van der Waals surface area contributed by atoms with Crippen molar-refractivity contribution in [3.05, 3.63) is 42.0 Å². The Labute approximate surface area is 98.1 Å². The topological polar surface area (TPSA) is 35.2 Å². The Kier molecular flexibility index (Phi) is 5.06. The molecule has 0 radical (unpaired) electrons. The van der Waals surface area contributed by atoms with Gasteiger partial charge in [0.2, 0.25) is 0 Å². The first-order valence-corrected chi connectivity index (χ1v) is 5.76. The zero-order chi connectivity index (χ0) is 12.0. The van der Waals surface area contributed by atoms with Crippen LogP contribution in [0.5, 0.6) is 5.75 Å². The van der Waals surface area contributed by atoms with Crippen molar-refractivity contribution in [3.63, 3.8) is 0 Å². The van der Waals surface area contributed by atoms with Gasteiger partial charge in [-0.3, -0.25) is 0 Å². The minimum atomic E-state index is 0.202. The van der Waals surface area contributed by atoms with Gasteiger partial charge in [0, 0.05) is 6.04 Å². The van der Waals surface area contributed by atoms with Crippen LogP contribution in [0.1, 0.15) is 24.5 Å². The van der Waals surface area contributed by atoms with Crippen LogP contribution in [-0.4, -0.2) is 12.6 Å². The average molecular weight is 219 g/mol. The van der Waals surface area contributed by atoms with Gasteiger partial charge >= 0.3 is 0 Å². The van der Waals surface area contributed by atoms with Gasteiger partial charge in [-0.05, 0) is 30.9 Å². The standard InChI is InChI=1S/C14H21NO/c1-4-9-16-14-11(3)7-6-8-12(14)10-13(15)5-2/h4,6-8,13H,1,5,9-10,15H2,2-3H3. The van der Waals surface area contributed by atoms with E-state index in [1.54, 1.807) is 6.08 Å². The number of hydrogen-bond donors (Lipinski definition) is 1. The Morgan fingerprint density at radius 3 is 2.88 bits per heavy atom. The highest BCUT2D eigenvalue weighted by atomic mass is 16.5. The minimum Gasteiger partial charge on any atom is -0.489 e. The van der Waals surface area contributed by atoms with Crippen LogP contribution < -0.4 is 10.5 Å². The molecule has 0 aliphatic rings. The largest absolute Gasteiger partial charge is 0.489 e. The van der Waals surface area contributed by atoms with Crippen LogP contribution in [0.15, 0.2) is 30.9 Å². The van der Waals surface area contributed by atoms with Gasteiger partial charge in [0.1, 0.15) is 12.4 Å². The fourth-order valence-corrected chi connectivity index (χ4v) is 1.65. The number of para-hydroxylation sites is 1. The minimum absolute atomic E-state index is 0.202. The predicted octanol–water partition coefficient (Wildman–Crippen LogP) is 2.84. The normalized spacial score (nSPS) is 12.2. The van der Waals surface area contributed by atoms with Gasteiger partial charge in [0.15, 0.2) is 0 Å². The number of ether oxygens (including phenoxy) is 1. The summed E-state index contributed by atoms with van der Waals surface area (Å²) in [6.07, 6.45) is 3.61. The Balaban J connectivity index is 2.88. The third kappa shape index (κ3) is 3.38. The van der Waals surface area contributed by atoms with E-state index in [9.17, 15) is 0 Å². The van der Waals surface area contributed by atoms with E-state index in [0.29, 0.717) is 6.61 Å². The molecule has 1 aromatic carbocycles. The molecule has 0 heterocycles. The highest BCUT2D eigenvalue weighted by molar-refractivity contribution is 5.41. The molecule has 2 N–H and O–H groups in total.